The van der Waals surface area contributed by atoms with Crippen LogP contribution in [-0.4, -0.2) is 0 Å². The first-order valence-electron chi connectivity index (χ1n) is 5.41. The molecular weight excluding hydrogens is 232 g/mol. The maximum absolute atomic E-state index is 6.45. The van der Waals surface area contributed by atoms with Gasteiger partial charge in [-0.2, -0.15) is 0 Å². The minimum atomic E-state index is -0.521. The lowest BCUT2D eigenvalue weighted by Gasteiger charge is -2.33. The van der Waals surface area contributed by atoms with Gasteiger partial charge in [0.2, 0.25) is 0 Å². The van der Waals surface area contributed by atoms with Crippen molar-refractivity contribution < 1.29 is 12.4 Å². The van der Waals surface area contributed by atoms with Crippen LogP contribution in [0.5, 0.6) is 0 Å². The monoisotopic (exact) mass is 248 g/mol. The van der Waals surface area contributed by atoms with Gasteiger partial charge in [0, 0.05) is 36.2 Å². The summed E-state index contributed by atoms with van der Waals surface area (Å²) in [6.07, 6.45) is 6.02. The Hall–Kier alpha value is -1.38. The molecule has 1 aliphatic rings. The molecule has 0 heterocycles. The smallest absolute Gasteiger partial charge is 0.122 e. The summed E-state index contributed by atoms with van der Waals surface area (Å²) in [4.78, 5) is 0. The van der Waals surface area contributed by atoms with Crippen LogP contribution >= 0.6 is 0 Å². The molecule has 2 unspecified atom stereocenters. The Morgan fingerprint density at radius 2 is 2.00 bits per heavy atom. The van der Waals surface area contributed by atoms with Gasteiger partial charge in [-0.05, 0) is 19.1 Å². The van der Waals surface area contributed by atoms with E-state index in [-0.39, 0.29) is 18.3 Å². The van der Waals surface area contributed by atoms with E-state index in [4.69, 9.17) is 11.5 Å². The van der Waals surface area contributed by atoms with Crippen LogP contribution in [0.15, 0.2) is 48.6 Å². The molecule has 4 N–H and O–H groups in total. The van der Waals surface area contributed by atoms with Crippen LogP contribution in [-0.2, 0) is 5.54 Å². The number of halogens is 1. The van der Waals surface area contributed by atoms with E-state index >= 15 is 0 Å². The minimum Gasteiger partial charge on any atom is -1.00 e. The van der Waals surface area contributed by atoms with Crippen molar-refractivity contribution in [3.63, 3.8) is 0 Å². The molecule has 0 radical (unpaired) electrons. The van der Waals surface area contributed by atoms with E-state index in [1.165, 1.54) is 0 Å². The van der Waals surface area contributed by atoms with Crippen molar-refractivity contribution >= 4 is 5.69 Å². The first-order valence-corrected chi connectivity index (χ1v) is 5.41. The number of allylic oxidation sites excluding steroid dienone is 2. The Kier molecular flexibility index (Phi) is 3.91. The number of nitrogen functional groups attached to an aromatic ring is 1. The standard InChI is InChI=1S/C14H17N2.ClH/c1-10-7-8-14(16,11(2)9-10)12-5-3-4-6-13(12)15;/h3-9,11H,1,15-16H2,2H3;1H/q+1;/p-1. The minimum absolute atomic E-state index is 0. The molecule has 1 aromatic rings. The Morgan fingerprint density at radius 1 is 1.35 bits per heavy atom. The summed E-state index contributed by atoms with van der Waals surface area (Å²) in [6.45, 7) is 6.00. The molecule has 1 aliphatic carbocycles. The average Bonchev–Trinajstić information content (AvgIpc) is 2.25. The summed E-state index contributed by atoms with van der Waals surface area (Å²) < 4.78 is 0. The fourth-order valence-electron chi connectivity index (χ4n) is 2.14. The highest BCUT2D eigenvalue weighted by atomic mass is 35.5. The lowest BCUT2D eigenvalue weighted by Crippen LogP contribution is -3.00. The number of benzene rings is 1. The van der Waals surface area contributed by atoms with Crippen molar-refractivity contribution in [1.29, 1.82) is 0 Å². The molecular formula is C14H17ClN2. The fraction of sp³-hybridized carbons (Fsp3) is 0.214. The van der Waals surface area contributed by atoms with Crippen molar-refractivity contribution in [3.05, 3.63) is 60.6 Å². The molecule has 0 bridgehead atoms. The zero-order chi connectivity index (χ0) is 11.8. The second kappa shape index (κ2) is 4.86. The quantitative estimate of drug-likeness (QED) is 0.515. The van der Waals surface area contributed by atoms with E-state index in [2.05, 4.69) is 19.9 Å². The predicted molar refractivity (Wildman–Crippen MR) is 68.5 cm³/mol. The fourth-order valence-corrected chi connectivity index (χ4v) is 2.14. The van der Waals surface area contributed by atoms with Gasteiger partial charge in [0.1, 0.15) is 5.57 Å². The summed E-state index contributed by atoms with van der Waals surface area (Å²) in [5, 5.41) is 0. The van der Waals surface area contributed by atoms with Crippen molar-refractivity contribution in [2.45, 2.75) is 12.5 Å². The van der Waals surface area contributed by atoms with Crippen LogP contribution in [0.4, 0.5) is 5.69 Å². The molecule has 3 heteroatoms. The van der Waals surface area contributed by atoms with E-state index in [0.717, 1.165) is 16.8 Å². The van der Waals surface area contributed by atoms with Crippen LogP contribution in [0, 0.1) is 12.3 Å². The molecule has 2 atom stereocenters. The molecule has 0 saturated heterocycles. The molecule has 2 rings (SSSR count). The molecule has 0 aliphatic heterocycles. The van der Waals surface area contributed by atoms with Gasteiger partial charge in [-0.15, -0.1) is 0 Å². The highest BCUT2D eigenvalue weighted by molar-refractivity contribution is 5.54. The number of hydrogen-bond donors (Lipinski definition) is 2. The molecule has 17 heavy (non-hydrogen) atoms. The Labute approximate surface area is 109 Å². The van der Waals surface area contributed by atoms with Gasteiger partial charge in [0.15, 0.2) is 0 Å². The van der Waals surface area contributed by atoms with Gasteiger partial charge in [0.05, 0.1) is 5.54 Å². The summed E-state index contributed by atoms with van der Waals surface area (Å²) >= 11 is 0. The van der Waals surface area contributed by atoms with Crippen molar-refractivity contribution in [1.82, 2.24) is 0 Å². The van der Waals surface area contributed by atoms with E-state index in [0.29, 0.717) is 0 Å². The number of anilines is 1. The highest BCUT2D eigenvalue weighted by Crippen LogP contribution is 2.38. The summed E-state index contributed by atoms with van der Waals surface area (Å²) in [5.41, 5.74) is 14.6. The van der Waals surface area contributed by atoms with Gasteiger partial charge in [-0.25, -0.2) is 0 Å². The van der Waals surface area contributed by atoms with Crippen molar-refractivity contribution in [2.75, 3.05) is 5.73 Å². The Balaban J connectivity index is 0.00000144. The van der Waals surface area contributed by atoms with Crippen LogP contribution in [0.1, 0.15) is 12.5 Å². The normalized spacial score (nSPS) is 27.2. The predicted octanol–water partition coefficient (Wildman–Crippen LogP) is -0.607. The highest BCUT2D eigenvalue weighted by Gasteiger charge is 2.39. The van der Waals surface area contributed by atoms with Crippen LogP contribution in [0.3, 0.4) is 0 Å². The van der Waals surface area contributed by atoms with Gasteiger partial charge in [-0.3, -0.25) is 0 Å². The molecule has 0 spiro atoms. The molecule has 1 aromatic carbocycles. The maximum Gasteiger partial charge on any atom is 0.122 e. The van der Waals surface area contributed by atoms with E-state index in [1.807, 2.05) is 36.4 Å². The zero-order valence-electron chi connectivity index (χ0n) is 9.86. The average molecular weight is 249 g/mol. The Morgan fingerprint density at radius 3 is 2.59 bits per heavy atom. The summed E-state index contributed by atoms with van der Waals surface area (Å²) in [5.74, 6) is 0.190. The van der Waals surface area contributed by atoms with Crippen molar-refractivity contribution in [3.8, 4) is 0 Å². The molecule has 0 aromatic heterocycles. The largest absolute Gasteiger partial charge is 1.00 e. The number of rotatable bonds is 1. The third kappa shape index (κ3) is 2.33. The van der Waals surface area contributed by atoms with E-state index in [1.54, 1.807) is 0 Å². The van der Waals surface area contributed by atoms with Gasteiger partial charge < -0.3 is 23.9 Å². The van der Waals surface area contributed by atoms with Gasteiger partial charge in [0.25, 0.3) is 0 Å². The summed E-state index contributed by atoms with van der Waals surface area (Å²) in [6, 6.07) is 7.75. The molecule has 90 valence electrons. The zero-order valence-corrected chi connectivity index (χ0v) is 10.6. The van der Waals surface area contributed by atoms with Crippen molar-refractivity contribution in [2.24, 2.45) is 11.7 Å². The maximum atomic E-state index is 6.45. The van der Waals surface area contributed by atoms with E-state index < -0.39 is 5.54 Å². The van der Waals surface area contributed by atoms with Crippen LogP contribution < -0.4 is 23.9 Å². The molecule has 0 amide bonds. The second-order valence-electron chi connectivity index (χ2n) is 4.38. The third-order valence-electron chi connectivity index (χ3n) is 3.22. The van der Waals surface area contributed by atoms with Gasteiger partial charge >= 0.3 is 0 Å². The number of hydrogen-bond acceptors (Lipinski definition) is 2. The summed E-state index contributed by atoms with van der Waals surface area (Å²) in [7, 11) is 0. The number of para-hydroxylation sites is 1. The first-order chi connectivity index (χ1) is 7.54. The van der Waals surface area contributed by atoms with Gasteiger partial charge in [-0.1, -0.05) is 18.2 Å². The lowest BCUT2D eigenvalue weighted by atomic mass is 9.73. The topological polar surface area (TPSA) is 52.0 Å². The third-order valence-corrected chi connectivity index (χ3v) is 3.22. The second-order valence-corrected chi connectivity index (χ2v) is 4.38. The first kappa shape index (κ1) is 13.7. The van der Waals surface area contributed by atoms with E-state index in [9.17, 15) is 0 Å². The van der Waals surface area contributed by atoms with Crippen LogP contribution in [0.2, 0.25) is 0 Å². The molecule has 0 fully saturated rings. The van der Waals surface area contributed by atoms with Crippen LogP contribution in [0.25, 0.3) is 0 Å². The number of nitrogens with two attached hydrogens (primary N) is 2. The Bertz CT molecular complexity index is 453. The molecule has 0 saturated carbocycles. The lowest BCUT2D eigenvalue weighted by molar-refractivity contribution is -0.00000344. The molecule has 2 nitrogen and oxygen atoms in total. The SMILES string of the molecule is C=C1C=CC(N)(c2ccccc2N)C(C)[CH+]1.[Cl-].